The van der Waals surface area contributed by atoms with Crippen LogP contribution in [0.3, 0.4) is 0 Å². The van der Waals surface area contributed by atoms with Gasteiger partial charge in [0.05, 0.1) is 44.5 Å². The van der Waals surface area contributed by atoms with E-state index in [-0.39, 0.29) is 95.4 Å². The summed E-state index contributed by atoms with van der Waals surface area (Å²) < 4.78 is 5.57. The van der Waals surface area contributed by atoms with Gasteiger partial charge >= 0.3 is 0 Å². The van der Waals surface area contributed by atoms with Crippen LogP contribution in [0.2, 0.25) is 0 Å². The van der Waals surface area contributed by atoms with Crippen LogP contribution in [0.25, 0.3) is 21.8 Å². The maximum Gasteiger partial charge on any atom is 0.246 e. The molecule has 16 amide bonds. The van der Waals surface area contributed by atoms with Crippen molar-refractivity contribution in [2.24, 2.45) is 29.0 Å². The number of primary amides is 2. The topological polar surface area (TPSA) is 622 Å². The smallest absolute Gasteiger partial charge is 0.246 e. The number of nitrogens with zero attached hydrogens (tertiary/aromatic N) is 6. The number of benzene rings is 2. The second-order valence-electron chi connectivity index (χ2n) is 33.6. The zero-order valence-corrected chi connectivity index (χ0v) is 76.1. The normalized spacial score (nSPS) is 23.7. The van der Waals surface area contributed by atoms with Crippen LogP contribution in [-0.4, -0.2) is 301 Å². The van der Waals surface area contributed by atoms with Crippen molar-refractivity contribution < 1.29 is 91.0 Å². The Kier molecular flexibility index (Phi) is 39.4. The van der Waals surface area contributed by atoms with Gasteiger partial charge < -0.3 is 119 Å². The molecular weight excluding hydrogens is 1720 g/mol. The van der Waals surface area contributed by atoms with E-state index < -0.39 is 229 Å². The van der Waals surface area contributed by atoms with E-state index in [9.17, 15) is 62.6 Å². The van der Waals surface area contributed by atoms with E-state index in [2.05, 4.69) is 73.1 Å². The monoisotopic (exact) mass is 1840 g/mol. The lowest BCUT2D eigenvalue weighted by atomic mass is 9.92. The minimum Gasteiger partial charge on any atom is -0.469 e. The second kappa shape index (κ2) is 50.1. The maximum atomic E-state index is 15.7. The van der Waals surface area contributed by atoms with Crippen LogP contribution in [0.4, 0.5) is 0 Å². The van der Waals surface area contributed by atoms with E-state index in [0.29, 0.717) is 64.3 Å². The third kappa shape index (κ3) is 29.9. The highest BCUT2D eigenvalue weighted by molar-refractivity contribution is 8.00. The largest absolute Gasteiger partial charge is 0.469 e. The number of aromatic nitrogens is 4. The third-order valence-electron chi connectivity index (χ3n) is 23.1. The highest BCUT2D eigenvalue weighted by Gasteiger charge is 2.44. The van der Waals surface area contributed by atoms with Gasteiger partial charge in [0.25, 0.3) is 0 Å². The Morgan fingerprint density at radius 2 is 1.18 bits per heavy atom. The fourth-order valence-corrected chi connectivity index (χ4v) is 16.7. The van der Waals surface area contributed by atoms with Crippen LogP contribution in [0, 0.1) is 17.2 Å². The number of ketones is 1. The predicted molar refractivity (Wildman–Crippen MR) is 483 cm³/mol. The van der Waals surface area contributed by atoms with Crippen molar-refractivity contribution in [1.29, 1.82) is 5.41 Å². The Labute approximate surface area is 762 Å². The number of thioether (sulfide) groups is 1. The first kappa shape index (κ1) is 103. The number of aromatic amines is 3. The second-order valence-corrected chi connectivity index (χ2v) is 34.6. The summed E-state index contributed by atoms with van der Waals surface area (Å²) in [6.07, 6.45) is 6.80. The van der Waals surface area contributed by atoms with Gasteiger partial charge in [0.1, 0.15) is 78.3 Å². The maximum absolute atomic E-state index is 15.7. The highest BCUT2D eigenvalue weighted by Crippen LogP contribution is 2.27. The van der Waals surface area contributed by atoms with E-state index in [1.54, 1.807) is 74.8 Å². The summed E-state index contributed by atoms with van der Waals surface area (Å²) in [6.45, 7) is 6.05. The SMILES string of the molecule is CCCC[C@H]1C(=O)N(C)[C@@H](CCCC)C(=O)N[C@@H](CCCNC(=N)N)C(=O)N[C@H](C(=O)NCC(N)=O)CSCC(=O)N[C@@H](Cc2ccco2)C(=O)N(C)[C@@H](C)C(=O)N[C@@H](CC(N)=O)C(=O)N2CCC[C@H]2C(=O)N[C@@H](Cc2cnc[nH]2)C(=O)N[C@@H](CC(C)C)C(=O)N(C)CC(=O)C[C@@H](Cc2c[nH]c3ccccc23)C(=O)N[C@@H](CO)C(=O)N[C@@H](Cc2c[nH]c3ccccc23)C(=O)N1C. The van der Waals surface area contributed by atoms with Gasteiger partial charge in [-0.25, -0.2) is 4.98 Å². The Balaban J connectivity index is 1.18. The summed E-state index contributed by atoms with van der Waals surface area (Å²) in [5, 5.41) is 46.7. The quantitative estimate of drug-likeness (QED) is 0.0168. The first-order valence-corrected chi connectivity index (χ1v) is 45.1. The molecule has 0 aliphatic carbocycles. The lowest BCUT2D eigenvalue weighted by Gasteiger charge is -2.36. The van der Waals surface area contributed by atoms with Crippen molar-refractivity contribution in [3.63, 3.8) is 0 Å². The molecule has 2 aliphatic rings. The van der Waals surface area contributed by atoms with Gasteiger partial charge in [-0.05, 0) is 99.6 Å². The molecule has 6 heterocycles. The van der Waals surface area contributed by atoms with E-state index in [0.717, 1.165) is 36.3 Å². The van der Waals surface area contributed by atoms with Crippen LogP contribution >= 0.6 is 11.8 Å². The summed E-state index contributed by atoms with van der Waals surface area (Å²) in [6, 6.07) is -0.853. The lowest BCUT2D eigenvalue weighted by Crippen LogP contribution is -2.61. The number of hydrogen-bond acceptors (Lipinski definition) is 22. The lowest BCUT2D eigenvalue weighted by molar-refractivity contribution is -0.149. The molecule has 0 radical (unpaired) electrons. The number of rotatable bonds is 26. The summed E-state index contributed by atoms with van der Waals surface area (Å²) in [7, 11) is 5.26. The molecule has 2 aromatic carbocycles. The van der Waals surface area contributed by atoms with Crippen LogP contribution in [0.5, 0.6) is 0 Å². The number of likely N-dealkylation sites (N-methyl/N-ethyl adjacent to an activating group) is 4. The molecular formula is C88H125N23O19S. The molecule has 0 unspecified atom stereocenters. The fourth-order valence-electron chi connectivity index (χ4n) is 15.8. The fraction of sp³-hybridized carbons (Fsp3) is 0.534. The molecule has 21 N–H and O–H groups in total. The number of hydrogen-bond donors (Lipinski definition) is 18. The molecule has 6 aromatic rings. The van der Waals surface area contributed by atoms with E-state index in [4.69, 9.17) is 27.0 Å². The van der Waals surface area contributed by atoms with Crippen molar-refractivity contribution in [2.45, 2.75) is 216 Å². The number of nitrogens with two attached hydrogens (primary N) is 3. The number of H-pyrrole nitrogens is 3. The molecule has 0 spiro atoms. The Morgan fingerprint density at radius 3 is 1.79 bits per heavy atom. The molecule has 0 saturated carbocycles. The number of unbranched alkanes of at least 4 members (excludes halogenated alkanes) is 2. The van der Waals surface area contributed by atoms with Crippen LogP contribution in [0.1, 0.15) is 141 Å². The highest BCUT2D eigenvalue weighted by atomic mass is 32.2. The van der Waals surface area contributed by atoms with Gasteiger partial charge in [-0.2, -0.15) is 0 Å². The number of Topliss-reactive ketones (excluding diaryl/α,β-unsaturated/α-hetero) is 1. The van der Waals surface area contributed by atoms with Gasteiger partial charge in [-0.3, -0.25) is 86.9 Å². The van der Waals surface area contributed by atoms with E-state index in [1.807, 2.05) is 13.8 Å². The number of furan rings is 1. The minimum atomic E-state index is -1.81. The van der Waals surface area contributed by atoms with Gasteiger partial charge in [0, 0.05) is 125 Å². The van der Waals surface area contributed by atoms with E-state index >= 15 is 24.0 Å². The molecule has 43 heteroatoms. The molecule has 8 rings (SSSR count). The number of carbonyl (C=O) groups excluding carboxylic acids is 17. The predicted octanol–water partition coefficient (Wildman–Crippen LogP) is -1.45. The molecule has 2 saturated heterocycles. The average Bonchev–Trinajstić information content (AvgIpc) is 1.77. The number of aliphatic hydroxyl groups excluding tert-OH is 1. The van der Waals surface area contributed by atoms with Crippen molar-refractivity contribution in [3.05, 3.63) is 114 Å². The third-order valence-corrected chi connectivity index (χ3v) is 24.1. The molecule has 13 atom stereocenters. The van der Waals surface area contributed by atoms with Crippen LogP contribution in [-0.2, 0) is 107 Å². The van der Waals surface area contributed by atoms with Gasteiger partial charge in [-0.1, -0.05) is 89.8 Å². The zero-order valence-electron chi connectivity index (χ0n) is 75.3. The summed E-state index contributed by atoms with van der Waals surface area (Å²) in [5.74, 6) is -18.0. The Morgan fingerprint density at radius 1 is 0.588 bits per heavy atom. The van der Waals surface area contributed by atoms with Gasteiger partial charge in [0.15, 0.2) is 11.7 Å². The number of fused-ring (bicyclic) bond motifs is 3. The van der Waals surface area contributed by atoms with E-state index in [1.165, 1.54) is 66.0 Å². The number of guanidine groups is 1. The zero-order chi connectivity index (χ0) is 95.9. The van der Waals surface area contributed by atoms with Crippen LogP contribution in [0.15, 0.2) is 96.3 Å². The molecule has 131 heavy (non-hydrogen) atoms. The molecule has 42 nitrogen and oxygen atoms in total. The van der Waals surface area contributed by atoms with Gasteiger partial charge in [0.2, 0.25) is 94.5 Å². The van der Waals surface area contributed by atoms with Crippen molar-refractivity contribution in [2.75, 3.05) is 72.5 Å². The number of nitrogens with one attached hydrogen (secondary N) is 14. The Bertz CT molecular complexity index is 5000. The molecule has 4 aromatic heterocycles. The standard InChI is InChI=1S/C88H125N23O19S/c1-10-12-27-69-81(123)100-61(26-18-30-94-88(91)92)78(120)106-68(77(119)97-43-73(90)115)46-131-47-74(116)99-65(38-56-21-20-32-130-56)84(126)108(7)50(5)75(117)102-66(39-72(89)114)86(128)111-31-19-29-70(111)82(124)101-62(37-54-42-93-48-98-54)79(121)103-63(33-49(3)4)83(125)107(6)44-55(113)35-51(34-52-40-95-59-24-16-14-22-57(52)59)76(118)105-67(45-112)80(122)104-64(36-53-41-96-60-25-17-15-23-58(53)60)85(127)110(9)71(28-13-11-2)87(129)109(69)8/h14-17,20-25,32,40-42,48-51,61-71,95-96,112H,10-13,18-19,26-31,33-39,43-47H2,1-9H3,(H2,89,114)(H2,90,115)(H,93,98)(H,97,119)(H,99,116)(H,100,123)(H,101,124)(H,102,117)(H,103,121)(H,104,122)(H,105,118)(H,106,120)(H4,91,92,94)/t50-,51+,61-,62-,63-,64-,65-,66-,67-,68-,69-,70-,71-/m0/s1. The molecule has 2 fully saturated rings. The average molecular weight is 1840 g/mol. The van der Waals surface area contributed by atoms with Gasteiger partial charge in [-0.15, -0.1) is 11.8 Å². The number of amides is 16. The van der Waals surface area contributed by atoms with Crippen LogP contribution < -0.4 is 70.4 Å². The first-order valence-electron chi connectivity index (χ1n) is 43.9. The first-order chi connectivity index (χ1) is 62.4. The molecule has 2 aliphatic heterocycles. The number of para-hydroxylation sites is 2. The van der Waals surface area contributed by atoms with Crippen molar-refractivity contribution in [3.8, 4) is 0 Å². The van der Waals surface area contributed by atoms with Crippen molar-refractivity contribution >= 4 is 140 Å². The number of imidazole rings is 1. The number of carbonyl (C=O) groups is 17. The minimum absolute atomic E-state index is 0.000369. The summed E-state index contributed by atoms with van der Waals surface area (Å²) in [4.78, 5) is 267. The molecule has 712 valence electrons. The number of aliphatic hydroxyl groups is 1. The summed E-state index contributed by atoms with van der Waals surface area (Å²) in [5.41, 5.74) is 19.6. The summed E-state index contributed by atoms with van der Waals surface area (Å²) >= 11 is 0.775. The molecule has 0 bridgehead atoms. The Hall–Kier alpha value is -13.2. The van der Waals surface area contributed by atoms with Crippen molar-refractivity contribution in [1.82, 2.24) is 97.6 Å².